The van der Waals surface area contributed by atoms with Crippen molar-refractivity contribution in [3.63, 3.8) is 0 Å². The Balaban J connectivity index is 2.99. The summed E-state index contributed by atoms with van der Waals surface area (Å²) in [6.45, 7) is 0. The van der Waals surface area contributed by atoms with E-state index >= 15 is 0 Å². The van der Waals surface area contributed by atoms with Gasteiger partial charge >= 0.3 is 0 Å². The van der Waals surface area contributed by atoms with Crippen molar-refractivity contribution < 1.29 is 21.2 Å². The maximum Gasteiger partial charge on any atom is 0.247 e. The Labute approximate surface area is 98.6 Å². The zero-order valence-electron chi connectivity index (χ0n) is 8.84. The summed E-state index contributed by atoms with van der Waals surface area (Å²) in [6, 6.07) is 3.34. The number of sulfonamides is 1. The van der Waals surface area contributed by atoms with Gasteiger partial charge in [0.25, 0.3) is 0 Å². The van der Waals surface area contributed by atoms with E-state index in [2.05, 4.69) is 0 Å². The van der Waals surface area contributed by atoms with Crippen molar-refractivity contribution in [1.82, 2.24) is 0 Å². The lowest BCUT2D eigenvalue weighted by atomic mass is 10.3. The van der Waals surface area contributed by atoms with Gasteiger partial charge in [-0.25, -0.2) is 21.2 Å². The van der Waals surface area contributed by atoms with Gasteiger partial charge in [0.2, 0.25) is 10.0 Å². The summed E-state index contributed by atoms with van der Waals surface area (Å²) in [5.74, 6) is -0.873. The number of hydrogen-bond donors (Lipinski definition) is 2. The molecule has 96 valence electrons. The first kappa shape index (κ1) is 13.7. The van der Waals surface area contributed by atoms with E-state index in [9.17, 15) is 21.2 Å². The molecular weight excluding hydrogens is 271 g/mol. The summed E-state index contributed by atoms with van der Waals surface area (Å²) in [6.07, 6.45) is 0.769. The zero-order valence-corrected chi connectivity index (χ0v) is 10.5. The molecule has 0 aliphatic carbocycles. The van der Waals surface area contributed by atoms with Gasteiger partial charge in [0.1, 0.15) is 5.82 Å². The van der Waals surface area contributed by atoms with Gasteiger partial charge in [-0.2, -0.15) is 0 Å². The largest absolute Gasteiger partial charge is 0.399 e. The summed E-state index contributed by atoms with van der Waals surface area (Å²) in [4.78, 5) is 0. The third kappa shape index (κ3) is 4.57. The Morgan fingerprint density at radius 3 is 2.35 bits per heavy atom. The van der Waals surface area contributed by atoms with Gasteiger partial charge in [0.15, 0.2) is 14.9 Å². The van der Waals surface area contributed by atoms with Gasteiger partial charge in [-0.3, -0.25) is 4.72 Å². The van der Waals surface area contributed by atoms with Crippen LogP contribution >= 0.6 is 0 Å². The lowest BCUT2D eigenvalue weighted by Crippen LogP contribution is -2.22. The van der Waals surface area contributed by atoms with E-state index in [1.807, 2.05) is 4.72 Å². The van der Waals surface area contributed by atoms with Crippen LogP contribution in [-0.4, -0.2) is 28.2 Å². The molecule has 1 aromatic rings. The number of hydrogen-bond acceptors (Lipinski definition) is 5. The van der Waals surface area contributed by atoms with Crippen LogP contribution < -0.4 is 10.5 Å². The first-order valence-corrected chi connectivity index (χ1v) is 8.03. The maximum absolute atomic E-state index is 13.3. The van der Waals surface area contributed by atoms with E-state index in [1.165, 1.54) is 6.07 Å². The Bertz CT molecular complexity index is 625. The maximum atomic E-state index is 13.3. The van der Waals surface area contributed by atoms with Crippen LogP contribution in [-0.2, 0) is 19.9 Å². The molecule has 1 aromatic carbocycles. The summed E-state index contributed by atoms with van der Waals surface area (Å²) >= 11 is 0. The van der Waals surface area contributed by atoms with E-state index in [0.717, 1.165) is 18.4 Å². The normalized spacial score (nSPS) is 12.4. The SMILES string of the molecule is CS(=O)(=O)CS(=O)(=O)Nc1ccc(N)cc1F. The van der Waals surface area contributed by atoms with Gasteiger partial charge in [-0.05, 0) is 18.2 Å². The number of halogens is 1. The molecule has 0 bridgehead atoms. The smallest absolute Gasteiger partial charge is 0.247 e. The van der Waals surface area contributed by atoms with Crippen molar-refractivity contribution >= 4 is 31.2 Å². The fourth-order valence-corrected chi connectivity index (χ4v) is 4.08. The quantitative estimate of drug-likeness (QED) is 0.765. The molecule has 0 saturated carbocycles. The predicted molar refractivity (Wildman–Crippen MR) is 63.1 cm³/mol. The van der Waals surface area contributed by atoms with Crippen molar-refractivity contribution in [2.75, 3.05) is 21.8 Å². The van der Waals surface area contributed by atoms with Crippen molar-refractivity contribution in [3.8, 4) is 0 Å². The zero-order chi connectivity index (χ0) is 13.3. The van der Waals surface area contributed by atoms with Crippen molar-refractivity contribution in [2.45, 2.75) is 0 Å². The van der Waals surface area contributed by atoms with E-state index in [1.54, 1.807) is 0 Å². The Kier molecular flexibility index (Phi) is 3.62. The van der Waals surface area contributed by atoms with Gasteiger partial charge in [-0.1, -0.05) is 0 Å². The topological polar surface area (TPSA) is 106 Å². The number of nitrogens with two attached hydrogens (primary N) is 1. The predicted octanol–water partition coefficient (Wildman–Crippen LogP) is 0.152. The van der Waals surface area contributed by atoms with Crippen LogP contribution in [0.1, 0.15) is 0 Å². The van der Waals surface area contributed by atoms with E-state index < -0.39 is 30.8 Å². The molecule has 0 saturated heterocycles. The number of benzene rings is 1. The average molecular weight is 282 g/mol. The highest BCUT2D eigenvalue weighted by atomic mass is 32.3. The number of nitrogens with one attached hydrogen (secondary N) is 1. The number of nitrogen functional groups attached to an aromatic ring is 1. The van der Waals surface area contributed by atoms with Crippen LogP contribution in [0.2, 0.25) is 0 Å². The van der Waals surface area contributed by atoms with E-state index in [0.29, 0.717) is 0 Å². The van der Waals surface area contributed by atoms with Crippen LogP contribution in [0.3, 0.4) is 0 Å². The summed E-state index contributed by atoms with van der Waals surface area (Å²) in [7, 11) is -7.87. The Morgan fingerprint density at radius 1 is 1.29 bits per heavy atom. The van der Waals surface area contributed by atoms with Crippen LogP contribution in [0.4, 0.5) is 15.8 Å². The summed E-state index contributed by atoms with van der Waals surface area (Å²) in [5, 5.41) is -1.11. The lowest BCUT2D eigenvalue weighted by molar-refractivity contribution is 0.593. The average Bonchev–Trinajstić information content (AvgIpc) is 2.05. The summed E-state index contributed by atoms with van der Waals surface area (Å²) in [5.41, 5.74) is 5.07. The van der Waals surface area contributed by atoms with Crippen LogP contribution in [0.15, 0.2) is 18.2 Å². The fraction of sp³-hybridized carbons (Fsp3) is 0.250. The monoisotopic (exact) mass is 282 g/mol. The minimum Gasteiger partial charge on any atom is -0.399 e. The third-order valence-electron chi connectivity index (χ3n) is 1.63. The summed E-state index contributed by atoms with van der Waals surface area (Å²) < 4.78 is 59.5. The molecule has 1 rings (SSSR count). The Hall–Kier alpha value is -1.35. The van der Waals surface area contributed by atoms with Crippen molar-refractivity contribution in [2.24, 2.45) is 0 Å². The number of rotatable bonds is 4. The minimum atomic E-state index is -4.15. The minimum absolute atomic E-state index is 0.133. The molecule has 0 aliphatic heterocycles. The number of sulfone groups is 1. The molecule has 0 radical (unpaired) electrons. The molecule has 0 atom stereocenters. The molecular formula is C8H11FN2O4S2. The molecule has 17 heavy (non-hydrogen) atoms. The molecule has 0 aliphatic rings. The van der Waals surface area contributed by atoms with Crippen molar-refractivity contribution in [3.05, 3.63) is 24.0 Å². The highest BCUT2D eigenvalue weighted by molar-refractivity contribution is 8.08. The first-order chi connectivity index (χ1) is 7.59. The molecule has 0 heterocycles. The molecule has 0 unspecified atom stereocenters. The highest BCUT2D eigenvalue weighted by Crippen LogP contribution is 2.18. The highest BCUT2D eigenvalue weighted by Gasteiger charge is 2.19. The van der Waals surface area contributed by atoms with Crippen LogP contribution in [0.5, 0.6) is 0 Å². The second-order valence-corrected chi connectivity index (χ2v) is 7.73. The molecule has 6 nitrogen and oxygen atoms in total. The first-order valence-electron chi connectivity index (χ1n) is 4.32. The van der Waals surface area contributed by atoms with Gasteiger partial charge in [0.05, 0.1) is 5.69 Å². The second-order valence-electron chi connectivity index (χ2n) is 3.50. The molecule has 0 fully saturated rings. The fourth-order valence-electron chi connectivity index (χ4n) is 1.09. The molecule has 9 heteroatoms. The van der Waals surface area contributed by atoms with Gasteiger partial charge in [-0.15, -0.1) is 0 Å². The van der Waals surface area contributed by atoms with Crippen LogP contribution in [0, 0.1) is 5.82 Å². The van der Waals surface area contributed by atoms with Crippen molar-refractivity contribution in [1.29, 1.82) is 0 Å². The molecule has 0 aromatic heterocycles. The van der Waals surface area contributed by atoms with Crippen LogP contribution in [0.25, 0.3) is 0 Å². The molecule has 0 amide bonds. The number of anilines is 2. The third-order valence-corrected chi connectivity index (χ3v) is 5.11. The second kappa shape index (κ2) is 4.49. The standard InChI is InChI=1S/C8H11FN2O4S2/c1-16(12,13)5-17(14,15)11-8-3-2-6(10)4-7(8)9/h2-4,11H,5,10H2,1H3. The molecule has 0 spiro atoms. The van der Waals surface area contributed by atoms with E-state index in [4.69, 9.17) is 5.73 Å². The molecule has 3 N–H and O–H groups in total. The Morgan fingerprint density at radius 2 is 1.88 bits per heavy atom. The van der Waals surface area contributed by atoms with E-state index in [-0.39, 0.29) is 11.4 Å². The van der Waals surface area contributed by atoms with Gasteiger partial charge in [0, 0.05) is 11.9 Å². The lowest BCUT2D eigenvalue weighted by Gasteiger charge is -2.08. The van der Waals surface area contributed by atoms with Gasteiger partial charge < -0.3 is 5.73 Å².